The van der Waals surface area contributed by atoms with Gasteiger partial charge in [-0.2, -0.15) is 0 Å². The molecule has 0 aromatic heterocycles. The molecule has 2 aliphatic rings. The molecule has 1 aliphatic heterocycles. The van der Waals surface area contributed by atoms with Crippen LogP contribution in [0.2, 0.25) is 0 Å². The highest BCUT2D eigenvalue weighted by Gasteiger charge is 2.31. The maximum absolute atomic E-state index is 4.04. The lowest BCUT2D eigenvalue weighted by atomic mass is 9.80. The van der Waals surface area contributed by atoms with E-state index in [9.17, 15) is 0 Å². The fourth-order valence-electron chi connectivity index (χ4n) is 2.36. The Hall–Kier alpha value is -0.300. The molecule has 0 unspecified atom stereocenters. The molecule has 2 rings (SSSR count). The van der Waals surface area contributed by atoms with Gasteiger partial charge in [-0.15, -0.1) is 0 Å². The monoisotopic (exact) mass is 165 g/mol. The Bertz CT molecular complexity index is 169. The molecule has 1 heteroatoms. The Kier molecular flexibility index (Phi) is 2.22. The van der Waals surface area contributed by atoms with Crippen LogP contribution in [0.1, 0.15) is 32.6 Å². The van der Waals surface area contributed by atoms with Crippen LogP contribution < -0.4 is 0 Å². The SMILES string of the molecule is C=C1CCN(C2CC(C)C2)CC1. The Morgan fingerprint density at radius 2 is 1.83 bits per heavy atom. The number of rotatable bonds is 1. The zero-order valence-corrected chi connectivity index (χ0v) is 8.05. The molecule has 1 saturated carbocycles. The van der Waals surface area contributed by atoms with Crippen LogP contribution in [0.3, 0.4) is 0 Å². The van der Waals surface area contributed by atoms with Crippen LogP contribution >= 0.6 is 0 Å². The lowest BCUT2D eigenvalue weighted by molar-refractivity contribution is 0.0793. The molecule has 12 heavy (non-hydrogen) atoms. The van der Waals surface area contributed by atoms with Crippen molar-refractivity contribution in [1.82, 2.24) is 4.90 Å². The van der Waals surface area contributed by atoms with Crippen molar-refractivity contribution in [3.8, 4) is 0 Å². The van der Waals surface area contributed by atoms with Crippen LogP contribution in [-0.4, -0.2) is 24.0 Å². The van der Waals surface area contributed by atoms with E-state index >= 15 is 0 Å². The van der Waals surface area contributed by atoms with E-state index in [1.54, 1.807) is 0 Å². The molecular weight excluding hydrogens is 146 g/mol. The van der Waals surface area contributed by atoms with Gasteiger partial charge in [-0.1, -0.05) is 19.1 Å². The topological polar surface area (TPSA) is 3.24 Å². The first-order valence-electron chi connectivity index (χ1n) is 5.16. The predicted molar refractivity (Wildman–Crippen MR) is 52.1 cm³/mol. The molecule has 1 aliphatic carbocycles. The minimum atomic E-state index is 0.924. The van der Waals surface area contributed by atoms with E-state index in [0.29, 0.717) is 0 Å². The zero-order chi connectivity index (χ0) is 8.55. The van der Waals surface area contributed by atoms with Gasteiger partial charge in [0.15, 0.2) is 0 Å². The predicted octanol–water partition coefficient (Wildman–Crippen LogP) is 2.44. The van der Waals surface area contributed by atoms with Crippen molar-refractivity contribution < 1.29 is 0 Å². The first kappa shape index (κ1) is 8.31. The summed E-state index contributed by atoms with van der Waals surface area (Å²) in [5.74, 6) is 0.986. The Morgan fingerprint density at radius 3 is 2.33 bits per heavy atom. The summed E-state index contributed by atoms with van der Waals surface area (Å²) < 4.78 is 0. The van der Waals surface area contributed by atoms with Gasteiger partial charge in [-0.3, -0.25) is 4.90 Å². The number of nitrogens with zero attached hydrogens (tertiary/aromatic N) is 1. The van der Waals surface area contributed by atoms with Crippen LogP contribution in [0.5, 0.6) is 0 Å². The van der Waals surface area contributed by atoms with Gasteiger partial charge in [-0.25, -0.2) is 0 Å². The van der Waals surface area contributed by atoms with Gasteiger partial charge in [-0.05, 0) is 31.6 Å². The van der Waals surface area contributed by atoms with Gasteiger partial charge in [0.05, 0.1) is 0 Å². The first-order valence-corrected chi connectivity index (χ1v) is 5.16. The van der Waals surface area contributed by atoms with Gasteiger partial charge in [0, 0.05) is 19.1 Å². The highest BCUT2D eigenvalue weighted by Crippen LogP contribution is 2.33. The summed E-state index contributed by atoms with van der Waals surface area (Å²) in [6.07, 6.45) is 5.36. The highest BCUT2D eigenvalue weighted by atomic mass is 15.2. The standard InChI is InChI=1S/C11H19N/c1-9-3-5-12(6-4-9)11-7-10(2)8-11/h10-11H,1,3-8H2,2H3. The van der Waals surface area contributed by atoms with E-state index in [0.717, 1.165) is 12.0 Å². The van der Waals surface area contributed by atoms with E-state index in [-0.39, 0.29) is 0 Å². The molecule has 1 saturated heterocycles. The molecule has 0 radical (unpaired) electrons. The van der Waals surface area contributed by atoms with Gasteiger partial charge in [0.1, 0.15) is 0 Å². The molecule has 0 atom stereocenters. The lowest BCUT2D eigenvalue weighted by Crippen LogP contribution is -2.46. The second kappa shape index (κ2) is 3.21. The summed E-state index contributed by atoms with van der Waals surface area (Å²) >= 11 is 0. The number of piperidine rings is 1. The van der Waals surface area contributed by atoms with Crippen molar-refractivity contribution in [1.29, 1.82) is 0 Å². The molecule has 0 amide bonds. The Balaban J connectivity index is 1.79. The Morgan fingerprint density at radius 1 is 1.25 bits per heavy atom. The summed E-state index contributed by atoms with van der Waals surface area (Å²) in [7, 11) is 0. The minimum Gasteiger partial charge on any atom is -0.300 e. The van der Waals surface area contributed by atoms with E-state index in [4.69, 9.17) is 0 Å². The van der Waals surface area contributed by atoms with Gasteiger partial charge in [0.25, 0.3) is 0 Å². The van der Waals surface area contributed by atoms with Crippen LogP contribution in [0.25, 0.3) is 0 Å². The van der Waals surface area contributed by atoms with E-state index < -0.39 is 0 Å². The highest BCUT2D eigenvalue weighted by molar-refractivity contribution is 5.01. The summed E-state index contributed by atoms with van der Waals surface area (Å²) in [6.45, 7) is 8.95. The zero-order valence-electron chi connectivity index (χ0n) is 8.05. The fraction of sp³-hybridized carbons (Fsp3) is 0.818. The summed E-state index contributed by atoms with van der Waals surface area (Å²) in [5, 5.41) is 0. The summed E-state index contributed by atoms with van der Waals surface area (Å²) in [4.78, 5) is 2.66. The second-order valence-electron chi connectivity index (χ2n) is 4.52. The minimum absolute atomic E-state index is 0.924. The Labute approximate surface area is 75.4 Å². The molecule has 0 bridgehead atoms. The number of hydrogen-bond donors (Lipinski definition) is 0. The molecule has 1 nitrogen and oxygen atoms in total. The lowest BCUT2D eigenvalue weighted by Gasteiger charge is -2.43. The van der Waals surface area contributed by atoms with Crippen LogP contribution in [0.15, 0.2) is 12.2 Å². The average Bonchev–Trinajstić information content (AvgIpc) is 2.01. The first-order chi connectivity index (χ1) is 5.75. The van der Waals surface area contributed by atoms with Crippen molar-refractivity contribution >= 4 is 0 Å². The maximum Gasteiger partial charge on any atom is 0.0101 e. The van der Waals surface area contributed by atoms with Gasteiger partial charge in [0.2, 0.25) is 0 Å². The third kappa shape index (κ3) is 1.56. The maximum atomic E-state index is 4.04. The molecule has 0 aromatic carbocycles. The quantitative estimate of drug-likeness (QED) is 0.539. The molecule has 2 fully saturated rings. The molecular formula is C11H19N. The van der Waals surface area contributed by atoms with Gasteiger partial charge < -0.3 is 0 Å². The fourth-order valence-corrected chi connectivity index (χ4v) is 2.36. The van der Waals surface area contributed by atoms with E-state index in [1.165, 1.54) is 44.3 Å². The van der Waals surface area contributed by atoms with Crippen LogP contribution in [-0.2, 0) is 0 Å². The van der Waals surface area contributed by atoms with Crippen molar-refractivity contribution in [3.63, 3.8) is 0 Å². The second-order valence-corrected chi connectivity index (χ2v) is 4.52. The van der Waals surface area contributed by atoms with Crippen LogP contribution in [0.4, 0.5) is 0 Å². The van der Waals surface area contributed by atoms with Crippen LogP contribution in [0, 0.1) is 5.92 Å². The molecule has 0 spiro atoms. The summed E-state index contributed by atoms with van der Waals surface area (Å²) in [6, 6.07) is 0.924. The normalized spacial score (nSPS) is 37.9. The van der Waals surface area contributed by atoms with Crippen molar-refractivity contribution in [3.05, 3.63) is 12.2 Å². The molecule has 1 heterocycles. The third-order valence-corrected chi connectivity index (χ3v) is 3.37. The largest absolute Gasteiger partial charge is 0.300 e. The molecule has 0 aromatic rings. The third-order valence-electron chi connectivity index (χ3n) is 3.37. The average molecular weight is 165 g/mol. The number of hydrogen-bond acceptors (Lipinski definition) is 1. The van der Waals surface area contributed by atoms with Crippen molar-refractivity contribution in [2.75, 3.05) is 13.1 Å². The van der Waals surface area contributed by atoms with Gasteiger partial charge >= 0.3 is 0 Å². The number of likely N-dealkylation sites (tertiary alicyclic amines) is 1. The summed E-state index contributed by atoms with van der Waals surface area (Å²) in [5.41, 5.74) is 1.46. The molecule has 0 N–H and O–H groups in total. The smallest absolute Gasteiger partial charge is 0.0101 e. The van der Waals surface area contributed by atoms with Crippen molar-refractivity contribution in [2.24, 2.45) is 5.92 Å². The molecule has 68 valence electrons. The van der Waals surface area contributed by atoms with E-state index in [2.05, 4.69) is 18.4 Å². The van der Waals surface area contributed by atoms with E-state index in [1.807, 2.05) is 0 Å². The van der Waals surface area contributed by atoms with Crippen molar-refractivity contribution in [2.45, 2.75) is 38.6 Å².